The summed E-state index contributed by atoms with van der Waals surface area (Å²) < 4.78 is 21.4. The van der Waals surface area contributed by atoms with Gasteiger partial charge in [-0.2, -0.15) is 0 Å². The maximum absolute atomic E-state index is 11.7. The van der Waals surface area contributed by atoms with Crippen LogP contribution in [0, 0.1) is 0 Å². The van der Waals surface area contributed by atoms with Crippen LogP contribution in [-0.4, -0.2) is 44.6 Å². The maximum atomic E-state index is 11.7. The van der Waals surface area contributed by atoms with Crippen molar-refractivity contribution in [3.8, 4) is 5.75 Å². The highest BCUT2D eigenvalue weighted by Crippen LogP contribution is 2.15. The second-order valence-corrected chi connectivity index (χ2v) is 5.52. The van der Waals surface area contributed by atoms with Gasteiger partial charge in [0, 0.05) is 11.6 Å². The molecule has 1 heterocycles. The predicted molar refractivity (Wildman–Crippen MR) is 82.3 cm³/mol. The fourth-order valence-electron chi connectivity index (χ4n) is 2.05. The van der Waals surface area contributed by atoms with E-state index in [0.29, 0.717) is 17.4 Å². The van der Waals surface area contributed by atoms with Crippen LogP contribution in [0.4, 0.5) is 0 Å². The first kappa shape index (κ1) is 17.1. The van der Waals surface area contributed by atoms with E-state index in [1.165, 1.54) is 0 Å². The third-order valence-electron chi connectivity index (χ3n) is 3.30. The van der Waals surface area contributed by atoms with E-state index in [1.807, 2.05) is 0 Å². The number of carbonyl (C=O) groups is 1. The average Bonchev–Trinajstić information content (AvgIpc) is 3.04. The minimum absolute atomic E-state index is 0.100. The standard InChI is InChI=1S/C16H21ClO5/c1-12(22-11-15-3-2-8-19-15)16(18)21-10-9-20-14-6-4-13(17)5-7-14/h4-7,12,15H,2-3,8-11H2,1H3. The van der Waals surface area contributed by atoms with Crippen LogP contribution >= 0.6 is 11.6 Å². The summed E-state index contributed by atoms with van der Waals surface area (Å²) in [6, 6.07) is 7.00. The summed E-state index contributed by atoms with van der Waals surface area (Å²) in [4.78, 5) is 11.7. The second-order valence-electron chi connectivity index (χ2n) is 5.08. The Kier molecular flexibility index (Phi) is 6.96. The van der Waals surface area contributed by atoms with Crippen LogP contribution in [-0.2, 0) is 19.0 Å². The van der Waals surface area contributed by atoms with Crippen molar-refractivity contribution >= 4 is 17.6 Å². The lowest BCUT2D eigenvalue weighted by atomic mass is 10.2. The highest BCUT2D eigenvalue weighted by molar-refractivity contribution is 6.30. The Morgan fingerprint density at radius 3 is 2.82 bits per heavy atom. The highest BCUT2D eigenvalue weighted by Gasteiger charge is 2.20. The third kappa shape index (κ3) is 5.83. The zero-order chi connectivity index (χ0) is 15.8. The van der Waals surface area contributed by atoms with Gasteiger partial charge in [-0.1, -0.05) is 11.6 Å². The number of hydrogen-bond acceptors (Lipinski definition) is 5. The molecule has 22 heavy (non-hydrogen) atoms. The van der Waals surface area contributed by atoms with E-state index in [4.69, 9.17) is 30.5 Å². The van der Waals surface area contributed by atoms with Gasteiger partial charge in [0.25, 0.3) is 0 Å². The molecule has 2 unspecified atom stereocenters. The third-order valence-corrected chi connectivity index (χ3v) is 3.55. The van der Waals surface area contributed by atoms with Gasteiger partial charge in [-0.3, -0.25) is 0 Å². The van der Waals surface area contributed by atoms with Crippen LogP contribution in [0.3, 0.4) is 0 Å². The van der Waals surface area contributed by atoms with Crippen molar-refractivity contribution in [2.45, 2.75) is 32.0 Å². The maximum Gasteiger partial charge on any atom is 0.335 e. The van der Waals surface area contributed by atoms with Gasteiger partial charge in [0.15, 0.2) is 6.10 Å². The molecule has 1 aliphatic heterocycles. The van der Waals surface area contributed by atoms with Gasteiger partial charge in [0.05, 0.1) is 12.7 Å². The number of esters is 1. The van der Waals surface area contributed by atoms with Crippen LogP contribution < -0.4 is 4.74 Å². The number of ether oxygens (including phenoxy) is 4. The van der Waals surface area contributed by atoms with Crippen LogP contribution in [0.25, 0.3) is 0 Å². The molecule has 0 N–H and O–H groups in total. The van der Waals surface area contributed by atoms with Gasteiger partial charge in [-0.05, 0) is 44.0 Å². The summed E-state index contributed by atoms with van der Waals surface area (Å²) in [5.41, 5.74) is 0. The fourth-order valence-corrected chi connectivity index (χ4v) is 2.17. The zero-order valence-corrected chi connectivity index (χ0v) is 13.4. The molecule has 6 heteroatoms. The van der Waals surface area contributed by atoms with E-state index in [-0.39, 0.29) is 19.3 Å². The summed E-state index contributed by atoms with van der Waals surface area (Å²) in [5.74, 6) is 0.292. The van der Waals surface area contributed by atoms with Gasteiger partial charge in [0.1, 0.15) is 19.0 Å². The summed E-state index contributed by atoms with van der Waals surface area (Å²) >= 11 is 5.78. The lowest BCUT2D eigenvalue weighted by Crippen LogP contribution is -2.28. The van der Waals surface area contributed by atoms with Crippen molar-refractivity contribution in [3.05, 3.63) is 29.3 Å². The SMILES string of the molecule is CC(OCC1CCCO1)C(=O)OCCOc1ccc(Cl)cc1. The molecule has 0 aliphatic carbocycles. The molecule has 0 aromatic heterocycles. The van der Waals surface area contributed by atoms with Gasteiger partial charge < -0.3 is 18.9 Å². The fraction of sp³-hybridized carbons (Fsp3) is 0.562. The molecule has 0 bridgehead atoms. The largest absolute Gasteiger partial charge is 0.490 e. The monoisotopic (exact) mass is 328 g/mol. The van der Waals surface area contributed by atoms with E-state index >= 15 is 0 Å². The van der Waals surface area contributed by atoms with Crippen LogP contribution in [0.2, 0.25) is 5.02 Å². The number of benzene rings is 1. The first-order valence-corrected chi connectivity index (χ1v) is 7.81. The molecule has 0 spiro atoms. The van der Waals surface area contributed by atoms with E-state index in [9.17, 15) is 4.79 Å². The highest BCUT2D eigenvalue weighted by atomic mass is 35.5. The zero-order valence-electron chi connectivity index (χ0n) is 12.6. The molecule has 0 radical (unpaired) electrons. The van der Waals surface area contributed by atoms with Crippen LogP contribution in [0.15, 0.2) is 24.3 Å². The normalized spacial score (nSPS) is 18.9. The van der Waals surface area contributed by atoms with E-state index < -0.39 is 12.1 Å². The Hall–Kier alpha value is -1.30. The lowest BCUT2D eigenvalue weighted by molar-refractivity contribution is -0.158. The molecule has 122 valence electrons. The van der Waals surface area contributed by atoms with Gasteiger partial charge >= 0.3 is 5.97 Å². The predicted octanol–water partition coefficient (Wildman–Crippen LogP) is 2.85. The summed E-state index contributed by atoms with van der Waals surface area (Å²) in [7, 11) is 0. The first-order chi connectivity index (χ1) is 10.6. The average molecular weight is 329 g/mol. The minimum Gasteiger partial charge on any atom is -0.490 e. The second kappa shape index (κ2) is 8.98. The molecule has 1 aromatic rings. The van der Waals surface area contributed by atoms with Gasteiger partial charge in [-0.15, -0.1) is 0 Å². The lowest BCUT2D eigenvalue weighted by Gasteiger charge is -2.15. The molecule has 2 atom stereocenters. The van der Waals surface area contributed by atoms with Gasteiger partial charge in [-0.25, -0.2) is 4.79 Å². The van der Waals surface area contributed by atoms with Crippen molar-refractivity contribution in [1.82, 2.24) is 0 Å². The quantitative estimate of drug-likeness (QED) is 0.542. The van der Waals surface area contributed by atoms with Crippen LogP contribution in [0.5, 0.6) is 5.75 Å². The van der Waals surface area contributed by atoms with E-state index in [2.05, 4.69) is 0 Å². The van der Waals surface area contributed by atoms with Crippen molar-refractivity contribution in [3.63, 3.8) is 0 Å². The van der Waals surface area contributed by atoms with Crippen LogP contribution in [0.1, 0.15) is 19.8 Å². The van der Waals surface area contributed by atoms with Crippen molar-refractivity contribution in [2.75, 3.05) is 26.4 Å². The molecule has 2 rings (SSSR count). The Bertz CT molecular complexity index is 456. The Morgan fingerprint density at radius 2 is 2.14 bits per heavy atom. The molecule has 0 saturated carbocycles. The number of halogens is 1. The van der Waals surface area contributed by atoms with Gasteiger partial charge in [0.2, 0.25) is 0 Å². The number of hydrogen-bond donors (Lipinski definition) is 0. The first-order valence-electron chi connectivity index (χ1n) is 7.43. The Morgan fingerprint density at radius 1 is 1.36 bits per heavy atom. The number of carbonyl (C=O) groups excluding carboxylic acids is 1. The number of rotatable bonds is 8. The molecule has 1 aliphatic rings. The topological polar surface area (TPSA) is 54.0 Å². The summed E-state index contributed by atoms with van der Waals surface area (Å²) in [6.45, 7) is 3.34. The van der Waals surface area contributed by atoms with Crippen molar-refractivity contribution in [2.24, 2.45) is 0 Å². The Balaban J connectivity index is 1.57. The molecule has 0 amide bonds. The molecule has 5 nitrogen and oxygen atoms in total. The van der Waals surface area contributed by atoms with Crippen molar-refractivity contribution in [1.29, 1.82) is 0 Å². The smallest absolute Gasteiger partial charge is 0.335 e. The Labute approximate surface area is 135 Å². The van der Waals surface area contributed by atoms with E-state index in [0.717, 1.165) is 19.4 Å². The van der Waals surface area contributed by atoms with E-state index in [1.54, 1.807) is 31.2 Å². The molecule has 1 fully saturated rings. The minimum atomic E-state index is -0.597. The molecular weight excluding hydrogens is 308 g/mol. The summed E-state index contributed by atoms with van der Waals surface area (Å²) in [5, 5.41) is 0.649. The molecule has 1 aromatic carbocycles. The summed E-state index contributed by atoms with van der Waals surface area (Å²) in [6.07, 6.45) is 1.54. The molecular formula is C16H21ClO5. The van der Waals surface area contributed by atoms with Crippen molar-refractivity contribution < 1.29 is 23.7 Å². The molecule has 1 saturated heterocycles.